The zero-order valence-corrected chi connectivity index (χ0v) is 4.12. The molecule has 0 aliphatic rings. The molecule has 5 heavy (non-hydrogen) atoms. The van der Waals surface area contributed by atoms with Gasteiger partial charge in [-0.3, -0.25) is 0 Å². The van der Waals surface area contributed by atoms with E-state index >= 15 is 0 Å². The molecule has 2 nitrogen and oxygen atoms in total. The second kappa shape index (κ2) is 24.7. The van der Waals surface area contributed by atoms with Crippen molar-refractivity contribution in [3.05, 3.63) is 0 Å². The van der Waals surface area contributed by atoms with Gasteiger partial charge in [-0.2, -0.15) is 0 Å². The SMILES string of the molecule is O=[C-]O.[Fe].[Ni]. The number of aliphatic hydroxyl groups excluding tert-OH is 1. The third-order valence-electron chi connectivity index (χ3n) is 0. The molecule has 0 aromatic carbocycles. The predicted octanol–water partition coefficient (Wildman–Crippen LogP) is -0.393. The van der Waals surface area contributed by atoms with Gasteiger partial charge in [-0.25, -0.2) is 0 Å². The standard InChI is InChI=1S/CHO2.Fe.Ni/c2-1-3;;/h(H,2,3);;/q-1;;. The Morgan fingerprint density at radius 2 is 1.60 bits per heavy atom. The summed E-state index contributed by atoms with van der Waals surface area (Å²) in [6.07, 6.45) is 0. The largest absolute Gasteiger partial charge is 0.665 e. The van der Waals surface area contributed by atoms with E-state index in [2.05, 4.69) is 0 Å². The molecule has 0 rings (SSSR count). The van der Waals surface area contributed by atoms with Crippen LogP contribution in [0.25, 0.3) is 0 Å². The summed E-state index contributed by atoms with van der Waals surface area (Å²) in [4.78, 5) is 8.24. The fraction of sp³-hybridized carbons (Fsp3) is 0. The molecule has 4 heteroatoms. The molecule has 0 aliphatic heterocycles. The van der Waals surface area contributed by atoms with Crippen molar-refractivity contribution in [1.82, 2.24) is 0 Å². The summed E-state index contributed by atoms with van der Waals surface area (Å²) in [6.45, 7) is 0.500. The van der Waals surface area contributed by atoms with Crippen LogP contribution in [0.15, 0.2) is 0 Å². The van der Waals surface area contributed by atoms with Gasteiger partial charge in [0.1, 0.15) is 0 Å². The van der Waals surface area contributed by atoms with E-state index in [1.54, 1.807) is 0 Å². The van der Waals surface area contributed by atoms with Crippen LogP contribution in [0.1, 0.15) is 0 Å². The normalized spacial score (nSPS) is 2.40. The van der Waals surface area contributed by atoms with Crippen molar-refractivity contribution in [2.75, 3.05) is 0 Å². The Hall–Kier alpha value is 0.483. The Morgan fingerprint density at radius 1 is 1.60 bits per heavy atom. The van der Waals surface area contributed by atoms with Gasteiger partial charge < -0.3 is 9.90 Å². The maximum atomic E-state index is 8.24. The van der Waals surface area contributed by atoms with Crippen LogP contribution in [0.5, 0.6) is 0 Å². The van der Waals surface area contributed by atoms with Gasteiger partial charge in [0.15, 0.2) is 0 Å². The van der Waals surface area contributed by atoms with Gasteiger partial charge in [0.25, 0.3) is 0 Å². The summed E-state index contributed by atoms with van der Waals surface area (Å²) in [5.41, 5.74) is 0. The summed E-state index contributed by atoms with van der Waals surface area (Å²) >= 11 is 0. The van der Waals surface area contributed by atoms with Gasteiger partial charge in [0.2, 0.25) is 0 Å². The topological polar surface area (TPSA) is 37.3 Å². The van der Waals surface area contributed by atoms with Gasteiger partial charge in [0.05, 0.1) is 0 Å². The minimum Gasteiger partial charge on any atom is -0.665 e. The van der Waals surface area contributed by atoms with Crippen LogP contribution in [0, 0.1) is 0 Å². The van der Waals surface area contributed by atoms with Crippen LogP contribution in [-0.2, 0) is 38.4 Å². The number of rotatable bonds is 0. The van der Waals surface area contributed by atoms with Crippen molar-refractivity contribution in [2.45, 2.75) is 0 Å². The summed E-state index contributed by atoms with van der Waals surface area (Å²) in [6, 6.07) is 0. The van der Waals surface area contributed by atoms with E-state index in [1.165, 1.54) is 0 Å². The molecule has 0 aliphatic carbocycles. The van der Waals surface area contributed by atoms with Crippen molar-refractivity contribution in [2.24, 2.45) is 0 Å². The Labute approximate surface area is 50.3 Å². The molecule has 0 heterocycles. The zero-order valence-electron chi connectivity index (χ0n) is 2.03. The fourth-order valence-corrected chi connectivity index (χ4v) is 0. The van der Waals surface area contributed by atoms with Crippen LogP contribution >= 0.6 is 0 Å². The van der Waals surface area contributed by atoms with Gasteiger partial charge in [-0.1, -0.05) is 6.47 Å². The van der Waals surface area contributed by atoms with Gasteiger partial charge in [-0.05, 0) is 0 Å². The number of hydrogen-bond donors (Lipinski definition) is 1. The van der Waals surface area contributed by atoms with Crippen molar-refractivity contribution in [3.8, 4) is 0 Å². The summed E-state index contributed by atoms with van der Waals surface area (Å²) in [5.74, 6) is 0. The molecule has 0 saturated heterocycles. The molecule has 0 atom stereocenters. The van der Waals surface area contributed by atoms with E-state index in [0.717, 1.165) is 0 Å². The maximum absolute atomic E-state index is 8.24. The predicted molar refractivity (Wildman–Crippen MR) is 8.32 cm³/mol. The van der Waals surface area contributed by atoms with Crippen molar-refractivity contribution < 1.29 is 43.5 Å². The minimum absolute atomic E-state index is 0. The van der Waals surface area contributed by atoms with E-state index < -0.39 is 0 Å². The zero-order chi connectivity index (χ0) is 2.71. The molecule has 0 saturated carbocycles. The molecule has 0 aromatic heterocycles. The molecular weight excluding hydrogens is 159 g/mol. The smallest absolute Gasteiger partial charge is 0 e. The second-order valence-electron chi connectivity index (χ2n) is 0.0913. The minimum atomic E-state index is 0. The van der Waals surface area contributed by atoms with Crippen LogP contribution in [-0.4, -0.2) is 11.6 Å². The fourth-order valence-electron chi connectivity index (χ4n) is 0. The molecule has 0 bridgehead atoms. The van der Waals surface area contributed by atoms with E-state index in [0.29, 0.717) is 6.47 Å². The van der Waals surface area contributed by atoms with Gasteiger partial charge in [0, 0.05) is 33.6 Å². The van der Waals surface area contributed by atoms with Gasteiger partial charge >= 0.3 is 0 Å². The first-order valence-electron chi connectivity index (χ1n) is 0.428. The van der Waals surface area contributed by atoms with E-state index in [9.17, 15) is 0 Å². The summed E-state index contributed by atoms with van der Waals surface area (Å²) < 4.78 is 0. The quantitative estimate of drug-likeness (QED) is 0.386. The van der Waals surface area contributed by atoms with Crippen molar-refractivity contribution >= 4 is 6.47 Å². The van der Waals surface area contributed by atoms with Crippen LogP contribution in [0.3, 0.4) is 0 Å². The first-order chi connectivity index (χ1) is 1.41. The van der Waals surface area contributed by atoms with Crippen LogP contribution in [0.2, 0.25) is 0 Å². The molecule has 0 unspecified atom stereocenters. The first-order valence-corrected chi connectivity index (χ1v) is 0.428. The van der Waals surface area contributed by atoms with Crippen molar-refractivity contribution in [1.29, 1.82) is 0 Å². The third-order valence-corrected chi connectivity index (χ3v) is 0. The molecule has 1 N–H and O–H groups in total. The maximum Gasteiger partial charge on any atom is 0 e. The summed E-state index contributed by atoms with van der Waals surface area (Å²) in [5, 5.41) is 6.76. The molecular formula is CHFeNiO2-. The average Bonchev–Trinajstić information content (AvgIpc) is 0.918. The molecule has 0 spiro atoms. The van der Waals surface area contributed by atoms with E-state index in [4.69, 9.17) is 9.90 Å². The van der Waals surface area contributed by atoms with Gasteiger partial charge in [-0.15, -0.1) is 0 Å². The van der Waals surface area contributed by atoms with Crippen LogP contribution in [0.4, 0.5) is 0 Å². The molecule has 0 amide bonds. The van der Waals surface area contributed by atoms with E-state index in [1.807, 2.05) is 0 Å². The monoisotopic (exact) mass is 159 g/mol. The Balaban J connectivity index is -0.0000000200. The first kappa shape index (κ1) is 17.9. The number of hydrogen-bond acceptors (Lipinski definition) is 1. The van der Waals surface area contributed by atoms with E-state index in [-0.39, 0.29) is 33.6 Å². The van der Waals surface area contributed by atoms with Crippen molar-refractivity contribution in [3.63, 3.8) is 0 Å². The third kappa shape index (κ3) is 118. The Morgan fingerprint density at radius 3 is 1.60 bits per heavy atom. The molecule has 36 valence electrons. The molecule has 0 radical (unpaired) electrons. The molecule has 0 aromatic rings. The molecule has 0 fully saturated rings. The second-order valence-corrected chi connectivity index (χ2v) is 0.0913. The Bertz CT molecular complexity index is 17.1. The summed E-state index contributed by atoms with van der Waals surface area (Å²) in [7, 11) is 0. The Kier molecular flexibility index (Phi) is 88.4. The van der Waals surface area contributed by atoms with Crippen LogP contribution < -0.4 is 0 Å². The average molecular weight is 160 g/mol.